The van der Waals surface area contributed by atoms with Gasteiger partial charge < -0.3 is 9.88 Å². The van der Waals surface area contributed by atoms with Crippen LogP contribution in [0, 0.1) is 0 Å². The van der Waals surface area contributed by atoms with E-state index in [4.69, 9.17) is 11.6 Å². The van der Waals surface area contributed by atoms with E-state index in [1.54, 1.807) is 0 Å². The molecule has 154 valence electrons. The van der Waals surface area contributed by atoms with Crippen LogP contribution in [0.25, 0.3) is 10.9 Å². The number of hydrogen-bond donors (Lipinski definition) is 1. The van der Waals surface area contributed by atoms with Crippen LogP contribution in [0.1, 0.15) is 19.3 Å². The lowest BCUT2D eigenvalue weighted by Crippen LogP contribution is -2.44. The molecule has 1 fully saturated rings. The Kier molecular flexibility index (Phi) is 5.35. The van der Waals surface area contributed by atoms with Crippen molar-refractivity contribution in [3.8, 4) is 0 Å². The van der Waals surface area contributed by atoms with Gasteiger partial charge in [-0.15, -0.1) is 0 Å². The molecule has 1 atom stereocenters. The predicted octanol–water partition coefficient (Wildman–Crippen LogP) is 1.58. The number of amides is 2. The quantitative estimate of drug-likeness (QED) is 0.768. The number of halogens is 1. The molecule has 8 nitrogen and oxygen atoms in total. The lowest BCUT2D eigenvalue weighted by Gasteiger charge is -2.27. The van der Waals surface area contributed by atoms with Crippen molar-refractivity contribution in [3.05, 3.63) is 35.5 Å². The second kappa shape index (κ2) is 7.79. The Balaban J connectivity index is 1.39. The summed E-state index contributed by atoms with van der Waals surface area (Å²) < 4.78 is 25.4. The number of hydrazone groups is 1. The third-order valence-electron chi connectivity index (χ3n) is 5.25. The van der Waals surface area contributed by atoms with Gasteiger partial charge in [0.2, 0.25) is 5.91 Å². The first-order valence-corrected chi connectivity index (χ1v) is 11.6. The van der Waals surface area contributed by atoms with Crippen molar-refractivity contribution in [1.29, 1.82) is 0 Å². The van der Waals surface area contributed by atoms with Crippen molar-refractivity contribution in [1.82, 2.24) is 14.9 Å². The molecule has 0 bridgehead atoms. The van der Waals surface area contributed by atoms with Crippen molar-refractivity contribution in [2.45, 2.75) is 31.8 Å². The van der Waals surface area contributed by atoms with Gasteiger partial charge in [0.15, 0.2) is 9.84 Å². The van der Waals surface area contributed by atoms with Gasteiger partial charge in [-0.05, 0) is 30.0 Å². The van der Waals surface area contributed by atoms with E-state index in [9.17, 15) is 18.0 Å². The van der Waals surface area contributed by atoms with Gasteiger partial charge in [-0.2, -0.15) is 5.10 Å². The molecule has 4 rings (SSSR count). The zero-order valence-corrected chi connectivity index (χ0v) is 17.2. The van der Waals surface area contributed by atoms with Crippen molar-refractivity contribution >= 4 is 49.9 Å². The molecule has 29 heavy (non-hydrogen) atoms. The molecule has 1 aromatic carbocycles. The summed E-state index contributed by atoms with van der Waals surface area (Å²) in [7, 11) is -3.14. The lowest BCUT2D eigenvalue weighted by molar-refractivity contribution is -0.133. The predicted molar refractivity (Wildman–Crippen MR) is 111 cm³/mol. The smallest absolute Gasteiger partial charge is 0.267 e. The van der Waals surface area contributed by atoms with E-state index >= 15 is 0 Å². The molecule has 2 aliphatic heterocycles. The molecule has 0 saturated carbocycles. The first kappa shape index (κ1) is 19.9. The second-order valence-electron chi connectivity index (χ2n) is 7.31. The van der Waals surface area contributed by atoms with Crippen LogP contribution < -0.4 is 5.32 Å². The molecule has 2 aromatic rings. The van der Waals surface area contributed by atoms with Crippen molar-refractivity contribution < 1.29 is 18.0 Å². The topological polar surface area (TPSA) is 101 Å². The largest absolute Gasteiger partial charge is 0.349 e. The number of sulfone groups is 1. The second-order valence-corrected chi connectivity index (χ2v) is 9.98. The third kappa shape index (κ3) is 4.30. The summed E-state index contributed by atoms with van der Waals surface area (Å²) in [6, 6.07) is 7.16. The highest BCUT2D eigenvalue weighted by atomic mass is 35.5. The van der Waals surface area contributed by atoms with Gasteiger partial charge in [0.05, 0.1) is 17.5 Å². The van der Waals surface area contributed by atoms with Crippen molar-refractivity contribution in [2.24, 2.45) is 5.10 Å². The van der Waals surface area contributed by atoms with Gasteiger partial charge in [0.1, 0.15) is 5.71 Å². The van der Waals surface area contributed by atoms with Crippen molar-refractivity contribution in [3.63, 3.8) is 0 Å². The van der Waals surface area contributed by atoms with Crippen molar-refractivity contribution in [2.75, 3.05) is 18.1 Å². The van der Waals surface area contributed by atoms with Gasteiger partial charge in [-0.1, -0.05) is 17.7 Å². The Bertz CT molecular complexity index is 1110. The highest BCUT2D eigenvalue weighted by Gasteiger charge is 2.37. The lowest BCUT2D eigenvalue weighted by atomic mass is 10.1. The van der Waals surface area contributed by atoms with Gasteiger partial charge in [0, 0.05) is 42.7 Å². The number of aromatic nitrogens is 1. The molecular formula is C19H21ClN4O4S. The van der Waals surface area contributed by atoms with Crippen LogP contribution in [0.5, 0.6) is 0 Å². The average molecular weight is 437 g/mol. The van der Waals surface area contributed by atoms with Gasteiger partial charge in [-0.25, -0.2) is 13.4 Å². The molecule has 0 spiro atoms. The third-order valence-corrected chi connectivity index (χ3v) is 7.24. The van der Waals surface area contributed by atoms with Gasteiger partial charge in [-0.3, -0.25) is 9.59 Å². The maximum absolute atomic E-state index is 12.5. The van der Waals surface area contributed by atoms with Gasteiger partial charge >= 0.3 is 0 Å². The summed E-state index contributed by atoms with van der Waals surface area (Å²) in [5.74, 6) is -0.620. The van der Waals surface area contributed by atoms with E-state index in [0.29, 0.717) is 24.5 Å². The molecular weight excluding hydrogens is 416 g/mol. The molecule has 1 aromatic heterocycles. The number of hydrogen-bond acceptors (Lipinski definition) is 5. The molecule has 0 radical (unpaired) electrons. The van der Waals surface area contributed by atoms with E-state index < -0.39 is 15.9 Å². The first-order chi connectivity index (χ1) is 13.8. The normalized spacial score (nSPS) is 21.4. The summed E-state index contributed by atoms with van der Waals surface area (Å²) in [5, 5.41) is 9.94. The SMILES string of the molecule is O=C(NCCn1ccc2ccc(Cl)cc21)C1=NN(C2CCS(=O)(=O)C2)C(=O)CC1. The van der Waals surface area contributed by atoms with E-state index in [-0.39, 0.29) is 41.9 Å². The van der Waals surface area contributed by atoms with E-state index in [1.807, 2.05) is 35.0 Å². The van der Waals surface area contributed by atoms with Crippen LogP contribution in [-0.2, 0) is 26.0 Å². The highest BCUT2D eigenvalue weighted by Crippen LogP contribution is 2.22. The molecule has 10 heteroatoms. The highest BCUT2D eigenvalue weighted by molar-refractivity contribution is 7.91. The van der Waals surface area contributed by atoms with Gasteiger partial charge in [0.25, 0.3) is 5.91 Å². The molecule has 1 N–H and O–H groups in total. The fourth-order valence-corrected chi connectivity index (χ4v) is 5.59. The summed E-state index contributed by atoms with van der Waals surface area (Å²) in [6.07, 6.45) is 2.70. The molecule has 1 unspecified atom stereocenters. The van der Waals surface area contributed by atoms with E-state index in [2.05, 4.69) is 10.4 Å². The fraction of sp³-hybridized carbons (Fsp3) is 0.421. The standard InChI is InChI=1S/C19H21ClN4O4S/c20-14-2-1-13-5-8-23(17(13)11-14)9-7-21-19(26)16-3-4-18(25)24(22-16)15-6-10-29(27,28)12-15/h1-2,5,8,11,15H,3-4,6-7,9-10,12H2,(H,21,26). The monoisotopic (exact) mass is 436 g/mol. The number of carbonyl (C=O) groups is 2. The number of fused-ring (bicyclic) bond motifs is 1. The first-order valence-electron chi connectivity index (χ1n) is 9.45. The van der Waals surface area contributed by atoms with Crippen LogP contribution in [-0.4, -0.2) is 59.6 Å². The fourth-order valence-electron chi connectivity index (χ4n) is 3.73. The van der Waals surface area contributed by atoms with E-state index in [0.717, 1.165) is 10.9 Å². The van der Waals surface area contributed by atoms with Crippen LogP contribution in [0.4, 0.5) is 0 Å². The average Bonchev–Trinajstić information content (AvgIpc) is 3.24. The summed E-state index contributed by atoms with van der Waals surface area (Å²) in [6.45, 7) is 0.951. The number of rotatable bonds is 5. The van der Waals surface area contributed by atoms with Crippen LogP contribution in [0.15, 0.2) is 35.6 Å². The van der Waals surface area contributed by atoms with Crippen LogP contribution in [0.2, 0.25) is 5.02 Å². The number of nitrogens with one attached hydrogen (secondary N) is 1. The van der Waals surface area contributed by atoms with Crippen LogP contribution in [0.3, 0.4) is 0 Å². The maximum atomic E-state index is 12.5. The summed E-state index contributed by atoms with van der Waals surface area (Å²) in [5.41, 5.74) is 1.25. The Morgan fingerprint density at radius 1 is 1.28 bits per heavy atom. The molecule has 1 saturated heterocycles. The van der Waals surface area contributed by atoms with E-state index in [1.165, 1.54) is 5.01 Å². The Hall–Kier alpha value is -2.39. The minimum Gasteiger partial charge on any atom is -0.349 e. The maximum Gasteiger partial charge on any atom is 0.267 e. The zero-order chi connectivity index (χ0) is 20.6. The number of benzene rings is 1. The molecule has 0 aliphatic carbocycles. The zero-order valence-electron chi connectivity index (χ0n) is 15.7. The Morgan fingerprint density at radius 2 is 2.10 bits per heavy atom. The minimum absolute atomic E-state index is 0.0489. The number of carbonyl (C=O) groups excluding carboxylic acids is 2. The minimum atomic E-state index is -3.14. The molecule has 2 amide bonds. The molecule has 3 heterocycles. The summed E-state index contributed by atoms with van der Waals surface area (Å²) in [4.78, 5) is 24.7. The Morgan fingerprint density at radius 3 is 2.86 bits per heavy atom. The molecule has 2 aliphatic rings. The summed E-state index contributed by atoms with van der Waals surface area (Å²) >= 11 is 6.06. The number of nitrogens with zero attached hydrogens (tertiary/aromatic N) is 3. The Labute approximate surface area is 173 Å². The van der Waals surface area contributed by atoms with Crippen LogP contribution >= 0.6 is 11.6 Å².